The Morgan fingerprint density at radius 1 is 1.53 bits per heavy atom. The number of primary amides is 1. The van der Waals surface area contributed by atoms with E-state index in [2.05, 4.69) is 21.2 Å². The van der Waals surface area contributed by atoms with Gasteiger partial charge in [-0.25, -0.2) is 4.79 Å². The number of carbonyl (C=O) groups excluding carboxylic acids is 2. The van der Waals surface area contributed by atoms with E-state index in [4.69, 9.17) is 10.8 Å². The Bertz CT molecular complexity index is 495. The number of rotatable bonds is 6. The van der Waals surface area contributed by atoms with Crippen LogP contribution in [-0.4, -0.2) is 28.9 Å². The molecule has 2 amide bonds. The molecular formula is C11H13BrN2O4S. The lowest BCUT2D eigenvalue weighted by molar-refractivity contribution is -0.139. The van der Waals surface area contributed by atoms with Gasteiger partial charge in [0.2, 0.25) is 5.91 Å². The third-order valence-corrected chi connectivity index (χ3v) is 4.50. The van der Waals surface area contributed by atoms with Gasteiger partial charge in [-0.1, -0.05) is 0 Å². The normalized spacial score (nSPS) is 11.9. The summed E-state index contributed by atoms with van der Waals surface area (Å²) in [6.07, 6.45) is -0.119. The van der Waals surface area contributed by atoms with Crippen LogP contribution in [0, 0.1) is 6.92 Å². The number of nitrogens with one attached hydrogen (secondary N) is 1. The van der Waals surface area contributed by atoms with E-state index < -0.39 is 23.8 Å². The van der Waals surface area contributed by atoms with E-state index >= 15 is 0 Å². The van der Waals surface area contributed by atoms with Crippen molar-refractivity contribution in [3.8, 4) is 0 Å². The summed E-state index contributed by atoms with van der Waals surface area (Å²) in [5.41, 5.74) is 5.86. The number of amides is 2. The highest BCUT2D eigenvalue weighted by atomic mass is 79.9. The predicted octanol–water partition coefficient (Wildman–Crippen LogP) is 1.27. The third kappa shape index (κ3) is 4.64. The van der Waals surface area contributed by atoms with Crippen LogP contribution in [0.3, 0.4) is 0 Å². The first kappa shape index (κ1) is 15.6. The Labute approximate surface area is 122 Å². The molecule has 0 spiro atoms. The second kappa shape index (κ2) is 6.67. The van der Waals surface area contributed by atoms with Crippen LogP contribution in [0.1, 0.15) is 28.1 Å². The molecule has 104 valence electrons. The number of hydrogen-bond acceptors (Lipinski definition) is 4. The second-order valence-electron chi connectivity index (χ2n) is 3.94. The number of carboxylic acids is 1. The largest absolute Gasteiger partial charge is 0.480 e. The van der Waals surface area contributed by atoms with Gasteiger partial charge in [0.25, 0.3) is 5.91 Å². The van der Waals surface area contributed by atoms with Crippen molar-refractivity contribution < 1.29 is 19.5 Å². The summed E-state index contributed by atoms with van der Waals surface area (Å²) in [5, 5.41) is 11.3. The quantitative estimate of drug-likeness (QED) is 0.718. The number of hydrogen-bond donors (Lipinski definition) is 3. The van der Waals surface area contributed by atoms with Gasteiger partial charge in [0, 0.05) is 6.42 Å². The summed E-state index contributed by atoms with van der Waals surface area (Å²) in [6.45, 7) is 1.83. The van der Waals surface area contributed by atoms with E-state index in [1.54, 1.807) is 6.07 Å². The third-order valence-electron chi connectivity index (χ3n) is 2.36. The molecule has 1 atom stereocenters. The molecule has 1 rings (SSSR count). The van der Waals surface area contributed by atoms with Crippen LogP contribution < -0.4 is 11.1 Å². The summed E-state index contributed by atoms with van der Waals surface area (Å²) in [5.74, 6) is -2.27. The Balaban J connectivity index is 2.71. The lowest BCUT2D eigenvalue weighted by atomic mass is 10.1. The number of aliphatic carboxylic acids is 1. The first-order valence-corrected chi connectivity index (χ1v) is 7.00. The molecule has 0 aliphatic carbocycles. The fraction of sp³-hybridized carbons (Fsp3) is 0.364. The first-order chi connectivity index (χ1) is 8.81. The van der Waals surface area contributed by atoms with Crippen LogP contribution in [0.5, 0.6) is 0 Å². The van der Waals surface area contributed by atoms with Crippen LogP contribution in [-0.2, 0) is 9.59 Å². The molecule has 0 saturated carbocycles. The van der Waals surface area contributed by atoms with Crippen LogP contribution in [0.15, 0.2) is 9.85 Å². The van der Waals surface area contributed by atoms with E-state index in [9.17, 15) is 14.4 Å². The van der Waals surface area contributed by atoms with Crippen LogP contribution in [0.2, 0.25) is 0 Å². The monoisotopic (exact) mass is 348 g/mol. The van der Waals surface area contributed by atoms with Crippen molar-refractivity contribution in [2.45, 2.75) is 25.8 Å². The molecule has 4 N–H and O–H groups in total. The predicted molar refractivity (Wildman–Crippen MR) is 74.1 cm³/mol. The van der Waals surface area contributed by atoms with Crippen molar-refractivity contribution in [2.75, 3.05) is 0 Å². The Morgan fingerprint density at radius 2 is 2.16 bits per heavy atom. The molecule has 0 fully saturated rings. The van der Waals surface area contributed by atoms with Crippen LogP contribution in [0.4, 0.5) is 0 Å². The highest BCUT2D eigenvalue weighted by Gasteiger charge is 2.22. The summed E-state index contributed by atoms with van der Waals surface area (Å²) in [7, 11) is 0. The minimum absolute atomic E-state index is 0.0259. The highest BCUT2D eigenvalue weighted by molar-refractivity contribution is 9.11. The summed E-state index contributed by atoms with van der Waals surface area (Å²) in [4.78, 5) is 33.9. The van der Waals surface area contributed by atoms with E-state index in [1.807, 2.05) is 6.92 Å². The molecule has 1 aromatic rings. The second-order valence-corrected chi connectivity index (χ2v) is 6.31. The van der Waals surface area contributed by atoms with Crippen molar-refractivity contribution in [1.29, 1.82) is 0 Å². The highest BCUT2D eigenvalue weighted by Crippen LogP contribution is 2.27. The van der Waals surface area contributed by atoms with Gasteiger partial charge in [-0.3, -0.25) is 9.59 Å². The lowest BCUT2D eigenvalue weighted by Crippen LogP contribution is -2.41. The van der Waals surface area contributed by atoms with Gasteiger partial charge >= 0.3 is 5.97 Å². The molecule has 0 aliphatic heterocycles. The minimum atomic E-state index is -1.19. The molecule has 19 heavy (non-hydrogen) atoms. The minimum Gasteiger partial charge on any atom is -0.480 e. The van der Waals surface area contributed by atoms with Crippen LogP contribution in [0.25, 0.3) is 0 Å². The molecule has 0 saturated heterocycles. The molecule has 6 nitrogen and oxygen atoms in total. The topological polar surface area (TPSA) is 109 Å². The number of halogens is 1. The van der Waals surface area contributed by atoms with Gasteiger partial charge in [-0.05, 0) is 40.9 Å². The molecule has 1 aromatic heterocycles. The number of carbonyl (C=O) groups is 3. The zero-order valence-corrected chi connectivity index (χ0v) is 12.5. The van der Waals surface area contributed by atoms with E-state index in [0.717, 1.165) is 9.35 Å². The maximum atomic E-state index is 11.9. The number of aryl methyl sites for hydroxylation is 1. The molecule has 0 bridgehead atoms. The first-order valence-electron chi connectivity index (χ1n) is 5.39. The van der Waals surface area contributed by atoms with E-state index in [1.165, 1.54) is 11.3 Å². The summed E-state index contributed by atoms with van der Waals surface area (Å²) >= 11 is 4.51. The summed E-state index contributed by atoms with van der Waals surface area (Å²) < 4.78 is 0.821. The Morgan fingerprint density at radius 3 is 2.58 bits per heavy atom. The van der Waals surface area contributed by atoms with E-state index in [0.29, 0.717) is 4.88 Å². The van der Waals surface area contributed by atoms with Crippen molar-refractivity contribution in [2.24, 2.45) is 5.73 Å². The fourth-order valence-corrected chi connectivity index (χ4v) is 2.78. The molecule has 0 aromatic carbocycles. The average Bonchev–Trinajstić information content (AvgIpc) is 2.64. The molecule has 0 radical (unpaired) electrons. The molecule has 1 heterocycles. The van der Waals surface area contributed by atoms with Crippen molar-refractivity contribution >= 4 is 45.1 Å². The maximum absolute atomic E-state index is 11.9. The van der Waals surface area contributed by atoms with Gasteiger partial charge < -0.3 is 16.2 Å². The lowest BCUT2D eigenvalue weighted by Gasteiger charge is -2.12. The number of nitrogens with two attached hydrogens (primary N) is 1. The van der Waals surface area contributed by atoms with Crippen LogP contribution >= 0.6 is 27.3 Å². The smallest absolute Gasteiger partial charge is 0.326 e. The standard InChI is InChI=1S/C11H13BrN2O4S/c1-5-4-7(19-9(5)12)10(16)14-6(11(17)18)2-3-8(13)15/h4,6H,2-3H2,1H3,(H2,13,15)(H,14,16)(H,17,18)/t6-/m0/s1. The molecular weight excluding hydrogens is 336 g/mol. The van der Waals surface area contributed by atoms with Crippen molar-refractivity contribution in [3.05, 3.63) is 20.3 Å². The Hall–Kier alpha value is -1.41. The zero-order valence-electron chi connectivity index (χ0n) is 10.1. The van der Waals surface area contributed by atoms with Gasteiger partial charge in [0.1, 0.15) is 6.04 Å². The SMILES string of the molecule is Cc1cc(C(=O)N[C@@H](CCC(N)=O)C(=O)O)sc1Br. The molecule has 0 unspecified atom stereocenters. The average molecular weight is 349 g/mol. The summed E-state index contributed by atoms with van der Waals surface area (Å²) in [6, 6.07) is 0.540. The Kier molecular flexibility index (Phi) is 5.49. The fourth-order valence-electron chi connectivity index (χ4n) is 1.35. The zero-order chi connectivity index (χ0) is 14.6. The number of thiophene rings is 1. The van der Waals surface area contributed by atoms with Crippen molar-refractivity contribution in [1.82, 2.24) is 5.32 Å². The van der Waals surface area contributed by atoms with Gasteiger partial charge in [-0.2, -0.15) is 0 Å². The van der Waals surface area contributed by atoms with Gasteiger partial charge in [0.15, 0.2) is 0 Å². The van der Waals surface area contributed by atoms with Crippen molar-refractivity contribution in [3.63, 3.8) is 0 Å². The van der Waals surface area contributed by atoms with E-state index in [-0.39, 0.29) is 12.8 Å². The van der Waals surface area contributed by atoms with Gasteiger partial charge in [-0.15, -0.1) is 11.3 Å². The molecule has 0 aliphatic rings. The number of carboxylic acid groups (broad SMARTS) is 1. The maximum Gasteiger partial charge on any atom is 0.326 e. The van der Waals surface area contributed by atoms with Gasteiger partial charge in [0.05, 0.1) is 8.66 Å². The molecule has 8 heteroatoms.